The van der Waals surface area contributed by atoms with Crippen LogP contribution in [-0.4, -0.2) is 18.1 Å². The van der Waals surface area contributed by atoms with E-state index in [1.807, 2.05) is 11.4 Å². The molecule has 0 saturated heterocycles. The molecule has 3 N–H and O–H groups in total. The lowest BCUT2D eigenvalue weighted by Crippen LogP contribution is -2.19. The highest BCUT2D eigenvalue weighted by Gasteiger charge is 2.17. The number of rotatable bonds is 4. The summed E-state index contributed by atoms with van der Waals surface area (Å²) in [6, 6.07) is 5.21. The van der Waals surface area contributed by atoms with Crippen molar-refractivity contribution >= 4 is 54.7 Å². The zero-order chi connectivity index (χ0) is 15.6. The van der Waals surface area contributed by atoms with Crippen molar-refractivity contribution in [3.8, 4) is 0 Å². The second kappa shape index (κ2) is 6.76. The molecule has 8 heteroatoms. The summed E-state index contributed by atoms with van der Waals surface area (Å²) in [5.74, 6) is -0.590. The van der Waals surface area contributed by atoms with Gasteiger partial charge in [-0.2, -0.15) is 0 Å². The van der Waals surface area contributed by atoms with Gasteiger partial charge in [0.1, 0.15) is 0 Å². The van der Waals surface area contributed by atoms with Crippen LogP contribution in [0.5, 0.6) is 0 Å². The molecule has 4 nitrogen and oxygen atoms in total. The number of hydrogen-bond donors (Lipinski definition) is 2. The summed E-state index contributed by atoms with van der Waals surface area (Å²) < 4.78 is 15.6. The van der Waals surface area contributed by atoms with Gasteiger partial charge in [0.05, 0.1) is 13.9 Å². The van der Waals surface area contributed by atoms with E-state index in [1.54, 1.807) is 35.4 Å². The Kier molecular flexibility index (Phi) is 5.23. The van der Waals surface area contributed by atoms with Crippen LogP contribution in [0.2, 0.25) is 0 Å². The Hall–Kier alpha value is -1.12. The third-order valence-electron chi connectivity index (χ3n) is 2.90. The monoisotopic (exact) mass is 435 g/mol. The van der Waals surface area contributed by atoms with Gasteiger partial charge in [0, 0.05) is 19.2 Å². The molecule has 2 aromatic rings. The summed E-state index contributed by atoms with van der Waals surface area (Å²) in [5, 5.41) is 13.6. The van der Waals surface area contributed by atoms with Crippen molar-refractivity contribution in [3.05, 3.63) is 48.8 Å². The van der Waals surface area contributed by atoms with Gasteiger partial charge in [-0.1, -0.05) is 5.16 Å². The Morgan fingerprint density at radius 1 is 1.48 bits per heavy atom. The van der Waals surface area contributed by atoms with Gasteiger partial charge >= 0.3 is 0 Å². The van der Waals surface area contributed by atoms with Crippen LogP contribution >= 0.6 is 43.2 Å². The van der Waals surface area contributed by atoms with Crippen LogP contribution in [0.25, 0.3) is 0 Å². The molecule has 0 bridgehead atoms. The van der Waals surface area contributed by atoms with Gasteiger partial charge in [-0.05, 0) is 61.0 Å². The fraction of sp³-hybridized carbons (Fsp3) is 0.154. The molecule has 0 saturated carbocycles. The summed E-state index contributed by atoms with van der Waals surface area (Å²) in [5.41, 5.74) is 7.33. The number of benzene rings is 1. The average Bonchev–Trinajstić information content (AvgIpc) is 2.86. The molecule has 2 rings (SSSR count). The number of nitrogens with two attached hydrogens (primary N) is 1. The molecule has 1 heterocycles. The van der Waals surface area contributed by atoms with E-state index in [2.05, 4.69) is 37.0 Å². The van der Waals surface area contributed by atoms with E-state index >= 15 is 0 Å². The lowest BCUT2D eigenvalue weighted by atomic mass is 10.1. The van der Waals surface area contributed by atoms with E-state index in [4.69, 9.17) is 10.9 Å². The van der Waals surface area contributed by atoms with Crippen LogP contribution in [0.3, 0.4) is 0 Å². The van der Waals surface area contributed by atoms with Crippen LogP contribution < -0.4 is 10.6 Å². The van der Waals surface area contributed by atoms with E-state index in [9.17, 15) is 4.39 Å². The summed E-state index contributed by atoms with van der Waals surface area (Å²) in [7, 11) is 1.81. The number of hydrogen-bond acceptors (Lipinski definition) is 4. The van der Waals surface area contributed by atoms with Gasteiger partial charge in [-0.15, -0.1) is 11.3 Å². The first-order valence-corrected chi connectivity index (χ1v) is 8.30. The van der Waals surface area contributed by atoms with Gasteiger partial charge < -0.3 is 15.8 Å². The fourth-order valence-corrected chi connectivity index (χ4v) is 3.61. The van der Waals surface area contributed by atoms with Crippen LogP contribution in [0, 0.1) is 5.82 Å². The SMILES string of the molecule is CN(Cc1csc(Br)c1)c1ccc(/C(N)=N/O)c(Br)c1F. The first kappa shape index (κ1) is 16.3. The second-order valence-electron chi connectivity index (χ2n) is 4.36. The topological polar surface area (TPSA) is 61.8 Å². The number of nitrogens with zero attached hydrogens (tertiary/aromatic N) is 2. The molecule has 1 aromatic carbocycles. The van der Waals surface area contributed by atoms with Crippen molar-refractivity contribution in [1.82, 2.24) is 0 Å². The minimum Gasteiger partial charge on any atom is -0.409 e. The highest BCUT2D eigenvalue weighted by atomic mass is 79.9. The van der Waals surface area contributed by atoms with E-state index in [-0.39, 0.29) is 10.3 Å². The smallest absolute Gasteiger partial charge is 0.171 e. The van der Waals surface area contributed by atoms with Crippen molar-refractivity contribution in [3.63, 3.8) is 0 Å². The zero-order valence-corrected chi connectivity index (χ0v) is 15.0. The molecular formula is C13H12Br2FN3OS. The Morgan fingerprint density at radius 2 is 2.19 bits per heavy atom. The molecule has 0 fully saturated rings. The lowest BCUT2D eigenvalue weighted by Gasteiger charge is -2.20. The van der Waals surface area contributed by atoms with Crippen LogP contribution in [0.15, 0.2) is 37.0 Å². The predicted octanol–water partition coefficient (Wildman–Crippen LogP) is 4.14. The molecule has 0 aliphatic carbocycles. The number of halogens is 3. The molecule has 0 amide bonds. The summed E-state index contributed by atoms with van der Waals surface area (Å²) in [6.45, 7) is 0.578. The number of thiophene rings is 1. The number of amidine groups is 1. The molecule has 0 radical (unpaired) electrons. The maximum absolute atomic E-state index is 14.4. The molecule has 112 valence electrons. The molecule has 0 spiro atoms. The fourth-order valence-electron chi connectivity index (χ4n) is 1.87. The quantitative estimate of drug-likeness (QED) is 0.327. The molecular weight excluding hydrogens is 425 g/mol. The van der Waals surface area contributed by atoms with Crippen molar-refractivity contribution < 1.29 is 9.60 Å². The number of oxime groups is 1. The Labute approximate surface area is 142 Å². The third kappa shape index (κ3) is 3.56. The van der Waals surface area contributed by atoms with E-state index in [0.29, 0.717) is 17.8 Å². The lowest BCUT2D eigenvalue weighted by molar-refractivity contribution is 0.318. The molecule has 21 heavy (non-hydrogen) atoms. The maximum Gasteiger partial charge on any atom is 0.171 e. The third-order valence-corrected chi connectivity index (χ3v) is 5.23. The number of anilines is 1. The first-order valence-electron chi connectivity index (χ1n) is 5.84. The van der Waals surface area contributed by atoms with Crippen molar-refractivity contribution in [2.24, 2.45) is 10.9 Å². The Balaban J connectivity index is 2.30. The summed E-state index contributed by atoms with van der Waals surface area (Å²) in [6.07, 6.45) is 0. The molecule has 0 atom stereocenters. The minimum atomic E-state index is -0.448. The average molecular weight is 437 g/mol. The van der Waals surface area contributed by atoms with Crippen molar-refractivity contribution in [1.29, 1.82) is 0 Å². The van der Waals surface area contributed by atoms with Crippen molar-refractivity contribution in [2.45, 2.75) is 6.54 Å². The van der Waals surface area contributed by atoms with Crippen molar-refractivity contribution in [2.75, 3.05) is 11.9 Å². The van der Waals surface area contributed by atoms with Gasteiger partial charge in [0.25, 0.3) is 0 Å². The largest absolute Gasteiger partial charge is 0.409 e. The highest BCUT2D eigenvalue weighted by Crippen LogP contribution is 2.30. The summed E-state index contributed by atoms with van der Waals surface area (Å²) in [4.78, 5) is 1.80. The van der Waals surface area contributed by atoms with E-state index < -0.39 is 5.82 Å². The van der Waals surface area contributed by atoms with Crippen LogP contribution in [0.1, 0.15) is 11.1 Å². The predicted molar refractivity (Wildman–Crippen MR) is 90.7 cm³/mol. The zero-order valence-electron chi connectivity index (χ0n) is 11.0. The minimum absolute atomic E-state index is 0.142. The van der Waals surface area contributed by atoms with E-state index in [0.717, 1.165) is 9.35 Å². The maximum atomic E-state index is 14.4. The molecule has 0 unspecified atom stereocenters. The molecule has 0 aliphatic rings. The van der Waals surface area contributed by atoms with Gasteiger partial charge in [0.15, 0.2) is 11.7 Å². The van der Waals surface area contributed by atoms with Gasteiger partial charge in [-0.25, -0.2) is 4.39 Å². The molecule has 1 aromatic heterocycles. The standard InChI is InChI=1S/C13H12Br2FN3OS/c1-19(5-7-4-10(14)21-6-7)9-3-2-8(13(17)18-20)11(15)12(9)16/h2-4,6,20H,5H2,1H3,(H2,17,18). The van der Waals surface area contributed by atoms with Crippen LogP contribution in [-0.2, 0) is 6.54 Å². The normalized spacial score (nSPS) is 11.7. The van der Waals surface area contributed by atoms with Crippen LogP contribution in [0.4, 0.5) is 10.1 Å². The van der Waals surface area contributed by atoms with Gasteiger partial charge in [-0.3, -0.25) is 0 Å². The summed E-state index contributed by atoms with van der Waals surface area (Å²) >= 11 is 8.14. The Bertz CT molecular complexity index is 690. The molecule has 0 aliphatic heterocycles. The second-order valence-corrected chi connectivity index (χ2v) is 7.44. The van der Waals surface area contributed by atoms with Gasteiger partial charge in [0.2, 0.25) is 0 Å². The first-order chi connectivity index (χ1) is 9.93. The highest BCUT2D eigenvalue weighted by molar-refractivity contribution is 9.11. The Morgan fingerprint density at radius 3 is 2.76 bits per heavy atom. The van der Waals surface area contributed by atoms with E-state index in [1.165, 1.54) is 0 Å².